The molecular formula is C29H28N2O3S2. The van der Waals surface area contributed by atoms with E-state index in [2.05, 4.69) is 17.4 Å². The van der Waals surface area contributed by atoms with Crippen LogP contribution in [0.25, 0.3) is 0 Å². The zero-order chi connectivity index (χ0) is 25.5. The van der Waals surface area contributed by atoms with E-state index < -0.39 is 15.9 Å². The first kappa shape index (κ1) is 25.5. The number of carbonyl (C=O) groups is 1. The first-order chi connectivity index (χ1) is 17.3. The Bertz CT molecular complexity index is 1420. The zero-order valence-electron chi connectivity index (χ0n) is 20.2. The summed E-state index contributed by atoms with van der Waals surface area (Å²) in [4.78, 5) is 14.4. The summed E-state index contributed by atoms with van der Waals surface area (Å²) >= 11 is 1.75. The van der Waals surface area contributed by atoms with E-state index in [4.69, 9.17) is 0 Å². The average molecular weight is 517 g/mol. The van der Waals surface area contributed by atoms with Gasteiger partial charge in [0.25, 0.3) is 10.0 Å². The molecule has 0 unspecified atom stereocenters. The number of para-hydroxylation sites is 1. The Kier molecular flexibility index (Phi) is 8.13. The van der Waals surface area contributed by atoms with Gasteiger partial charge in [0.2, 0.25) is 5.91 Å². The second-order valence-corrected chi connectivity index (χ2v) is 11.4. The average Bonchev–Trinajstić information content (AvgIpc) is 2.89. The smallest absolute Gasteiger partial charge is 0.264 e. The van der Waals surface area contributed by atoms with Crippen LogP contribution in [0.2, 0.25) is 0 Å². The minimum Gasteiger partial charge on any atom is -0.324 e. The third kappa shape index (κ3) is 6.36. The van der Waals surface area contributed by atoms with Gasteiger partial charge in [-0.15, -0.1) is 11.8 Å². The largest absolute Gasteiger partial charge is 0.324 e. The highest BCUT2D eigenvalue weighted by Crippen LogP contribution is 2.26. The normalized spacial score (nSPS) is 11.2. The van der Waals surface area contributed by atoms with Crippen LogP contribution in [0.5, 0.6) is 0 Å². The minimum absolute atomic E-state index is 0.140. The number of anilines is 2. The fourth-order valence-corrected chi connectivity index (χ4v) is 5.99. The lowest BCUT2D eigenvalue weighted by Gasteiger charge is -2.24. The Morgan fingerprint density at radius 3 is 2.11 bits per heavy atom. The summed E-state index contributed by atoms with van der Waals surface area (Å²) in [5.74, 6) is 0.402. The summed E-state index contributed by atoms with van der Waals surface area (Å²) in [6.07, 6.45) is 0. The summed E-state index contributed by atoms with van der Waals surface area (Å²) < 4.78 is 28.1. The van der Waals surface area contributed by atoms with Crippen molar-refractivity contribution in [3.05, 3.63) is 120 Å². The molecule has 0 aliphatic rings. The predicted molar refractivity (Wildman–Crippen MR) is 148 cm³/mol. The van der Waals surface area contributed by atoms with Crippen molar-refractivity contribution in [3.63, 3.8) is 0 Å². The molecule has 0 spiro atoms. The molecule has 4 aromatic rings. The van der Waals surface area contributed by atoms with E-state index in [0.29, 0.717) is 11.4 Å². The molecule has 0 saturated heterocycles. The molecule has 0 radical (unpaired) electrons. The summed E-state index contributed by atoms with van der Waals surface area (Å²) in [7, 11) is -3.94. The molecule has 4 rings (SSSR count). The SMILES string of the molecule is Cc1ccc(S(=O)(=O)N(CC(=O)Nc2ccc(CSc3ccccc3)cc2C)c2ccccc2)cc1. The van der Waals surface area contributed by atoms with Gasteiger partial charge in [-0.25, -0.2) is 8.42 Å². The maximum absolute atomic E-state index is 13.5. The first-order valence-corrected chi connectivity index (χ1v) is 14.0. The number of benzene rings is 4. The second-order valence-electron chi connectivity index (χ2n) is 8.46. The third-order valence-electron chi connectivity index (χ3n) is 5.65. The minimum atomic E-state index is -3.94. The van der Waals surface area contributed by atoms with Gasteiger partial charge in [0, 0.05) is 16.3 Å². The number of rotatable bonds is 9. The van der Waals surface area contributed by atoms with Crippen molar-refractivity contribution in [2.24, 2.45) is 0 Å². The number of sulfonamides is 1. The van der Waals surface area contributed by atoms with Gasteiger partial charge in [-0.1, -0.05) is 66.2 Å². The van der Waals surface area contributed by atoms with E-state index >= 15 is 0 Å². The molecule has 1 N–H and O–H groups in total. The summed E-state index contributed by atoms with van der Waals surface area (Å²) in [5, 5.41) is 2.89. The fourth-order valence-electron chi connectivity index (χ4n) is 3.71. The van der Waals surface area contributed by atoms with E-state index in [0.717, 1.165) is 26.7 Å². The van der Waals surface area contributed by atoms with Crippen LogP contribution >= 0.6 is 11.8 Å². The van der Waals surface area contributed by atoms with E-state index in [1.165, 1.54) is 4.90 Å². The molecule has 36 heavy (non-hydrogen) atoms. The number of amides is 1. The highest BCUT2D eigenvalue weighted by Gasteiger charge is 2.27. The van der Waals surface area contributed by atoms with Crippen molar-refractivity contribution in [1.29, 1.82) is 0 Å². The van der Waals surface area contributed by atoms with Crippen LogP contribution in [0.1, 0.15) is 16.7 Å². The fraction of sp³-hybridized carbons (Fsp3) is 0.138. The Labute approximate surface area is 217 Å². The number of nitrogens with zero attached hydrogens (tertiary/aromatic N) is 1. The van der Waals surface area contributed by atoms with E-state index in [1.807, 2.05) is 50.2 Å². The van der Waals surface area contributed by atoms with Gasteiger partial charge in [0.1, 0.15) is 6.54 Å². The zero-order valence-corrected chi connectivity index (χ0v) is 21.9. The van der Waals surface area contributed by atoms with Crippen LogP contribution in [0.4, 0.5) is 11.4 Å². The molecule has 0 heterocycles. The van der Waals surface area contributed by atoms with Crippen molar-refractivity contribution in [1.82, 2.24) is 0 Å². The van der Waals surface area contributed by atoms with Crippen molar-refractivity contribution < 1.29 is 13.2 Å². The van der Waals surface area contributed by atoms with Gasteiger partial charge >= 0.3 is 0 Å². The van der Waals surface area contributed by atoms with Crippen molar-refractivity contribution >= 4 is 39.1 Å². The lowest BCUT2D eigenvalue weighted by atomic mass is 10.1. The molecule has 7 heteroatoms. The number of nitrogens with one attached hydrogen (secondary N) is 1. The molecule has 0 aliphatic heterocycles. The van der Waals surface area contributed by atoms with Gasteiger partial charge in [-0.05, 0) is 67.4 Å². The van der Waals surface area contributed by atoms with Crippen LogP contribution in [-0.2, 0) is 20.6 Å². The molecule has 5 nitrogen and oxygen atoms in total. The third-order valence-corrected chi connectivity index (χ3v) is 8.53. The van der Waals surface area contributed by atoms with Crippen molar-refractivity contribution in [2.45, 2.75) is 29.4 Å². The van der Waals surface area contributed by atoms with E-state index in [9.17, 15) is 13.2 Å². The Hall–Kier alpha value is -3.55. The lowest BCUT2D eigenvalue weighted by Crippen LogP contribution is -2.38. The Morgan fingerprint density at radius 1 is 0.833 bits per heavy atom. The Morgan fingerprint density at radius 2 is 1.47 bits per heavy atom. The summed E-state index contributed by atoms with van der Waals surface area (Å²) in [6.45, 7) is 3.49. The van der Waals surface area contributed by atoms with Gasteiger partial charge in [-0.3, -0.25) is 9.10 Å². The van der Waals surface area contributed by atoms with E-state index in [-0.39, 0.29) is 11.4 Å². The summed E-state index contributed by atoms with van der Waals surface area (Å²) in [6, 6.07) is 31.4. The van der Waals surface area contributed by atoms with Crippen LogP contribution < -0.4 is 9.62 Å². The number of aryl methyl sites for hydroxylation is 2. The maximum Gasteiger partial charge on any atom is 0.264 e. The highest BCUT2D eigenvalue weighted by atomic mass is 32.2. The number of hydrogen-bond acceptors (Lipinski definition) is 4. The quantitative estimate of drug-likeness (QED) is 0.260. The summed E-state index contributed by atoms with van der Waals surface area (Å²) in [5.41, 5.74) is 4.11. The maximum atomic E-state index is 13.5. The lowest BCUT2D eigenvalue weighted by molar-refractivity contribution is -0.114. The van der Waals surface area contributed by atoms with Crippen LogP contribution in [0.3, 0.4) is 0 Å². The van der Waals surface area contributed by atoms with Gasteiger partial charge in [-0.2, -0.15) is 0 Å². The van der Waals surface area contributed by atoms with Crippen LogP contribution in [0.15, 0.2) is 113 Å². The number of carbonyl (C=O) groups excluding carboxylic acids is 1. The second kappa shape index (κ2) is 11.5. The van der Waals surface area contributed by atoms with Crippen LogP contribution in [-0.4, -0.2) is 20.9 Å². The number of thioether (sulfide) groups is 1. The van der Waals surface area contributed by atoms with Gasteiger partial charge < -0.3 is 5.32 Å². The molecule has 4 aromatic carbocycles. The van der Waals surface area contributed by atoms with Gasteiger partial charge in [0.05, 0.1) is 10.6 Å². The molecular weight excluding hydrogens is 488 g/mol. The molecule has 0 fully saturated rings. The predicted octanol–water partition coefficient (Wildman–Crippen LogP) is 6.43. The first-order valence-electron chi connectivity index (χ1n) is 11.5. The molecule has 0 aromatic heterocycles. The van der Waals surface area contributed by atoms with Crippen molar-refractivity contribution in [2.75, 3.05) is 16.2 Å². The highest BCUT2D eigenvalue weighted by molar-refractivity contribution is 7.98. The monoisotopic (exact) mass is 516 g/mol. The van der Waals surface area contributed by atoms with Crippen molar-refractivity contribution in [3.8, 4) is 0 Å². The number of hydrogen-bond donors (Lipinski definition) is 1. The van der Waals surface area contributed by atoms with E-state index in [1.54, 1.807) is 66.4 Å². The molecule has 0 saturated carbocycles. The molecule has 184 valence electrons. The molecule has 0 bridgehead atoms. The van der Waals surface area contributed by atoms with Crippen LogP contribution in [0, 0.1) is 13.8 Å². The standard InChI is InChI=1S/C29H28N2O3S2/c1-22-13-16-27(17-14-22)36(33,34)31(25-9-5-3-6-10-25)20-29(32)30-28-18-15-24(19-23(28)2)21-35-26-11-7-4-8-12-26/h3-19H,20-21H2,1-2H3,(H,30,32). The topological polar surface area (TPSA) is 66.5 Å². The Balaban J connectivity index is 1.50. The molecule has 0 atom stereocenters. The van der Waals surface area contributed by atoms with Gasteiger partial charge in [0.15, 0.2) is 0 Å². The molecule has 1 amide bonds. The molecule has 0 aliphatic carbocycles.